The van der Waals surface area contributed by atoms with E-state index in [1.54, 1.807) is 14.2 Å². The number of hydrogen-bond donors (Lipinski definition) is 1. The van der Waals surface area contributed by atoms with E-state index in [9.17, 15) is 4.39 Å². The van der Waals surface area contributed by atoms with Gasteiger partial charge in [0, 0.05) is 37.0 Å². The van der Waals surface area contributed by atoms with Gasteiger partial charge in [-0.3, -0.25) is 9.29 Å². The van der Waals surface area contributed by atoms with Gasteiger partial charge in [0.05, 0.1) is 20.9 Å². The fraction of sp³-hybridized carbons (Fsp3) is 0.375. The van der Waals surface area contributed by atoms with Crippen LogP contribution in [-0.4, -0.2) is 51.5 Å². The number of aryl methyl sites for hydroxylation is 1. The maximum atomic E-state index is 12.6. The van der Waals surface area contributed by atoms with Gasteiger partial charge < -0.3 is 19.9 Å². The Bertz CT molecular complexity index is 1290. The van der Waals surface area contributed by atoms with Crippen molar-refractivity contribution in [3.8, 4) is 17.2 Å². The van der Waals surface area contributed by atoms with Crippen LogP contribution >= 0.6 is 0 Å². The minimum Gasteiger partial charge on any atom is -0.497 e. The zero-order valence-electron chi connectivity index (χ0n) is 22.3. The average molecular weight is 517 g/mol. The van der Waals surface area contributed by atoms with Crippen molar-refractivity contribution in [3.05, 3.63) is 82.9 Å². The summed E-state index contributed by atoms with van der Waals surface area (Å²) in [5.41, 5.74) is 14.1. The molecule has 200 valence electrons. The summed E-state index contributed by atoms with van der Waals surface area (Å²) in [4.78, 5) is 2.28. The summed E-state index contributed by atoms with van der Waals surface area (Å²) in [5, 5.41) is 0. The van der Waals surface area contributed by atoms with Gasteiger partial charge in [-0.15, -0.1) is 0 Å². The molecule has 3 aromatic rings. The highest BCUT2D eigenvalue weighted by atomic mass is 19.1. The zero-order chi connectivity index (χ0) is 26.5. The number of methoxy groups -OCH3 is 2. The van der Waals surface area contributed by atoms with Crippen molar-refractivity contribution in [3.63, 3.8) is 0 Å². The highest BCUT2D eigenvalue weighted by Crippen LogP contribution is 2.43. The van der Waals surface area contributed by atoms with E-state index in [1.807, 2.05) is 18.2 Å². The molecule has 1 aliphatic carbocycles. The van der Waals surface area contributed by atoms with Crippen LogP contribution in [-0.2, 0) is 6.42 Å². The lowest BCUT2D eigenvalue weighted by atomic mass is 9.87. The quantitative estimate of drug-likeness (QED) is 0.334. The molecule has 0 amide bonds. The molecule has 1 fully saturated rings. The molecule has 0 bridgehead atoms. The summed E-state index contributed by atoms with van der Waals surface area (Å²) in [7, 11) is 3.37. The average Bonchev–Trinajstić information content (AvgIpc) is 3.30. The summed E-state index contributed by atoms with van der Waals surface area (Å²) >= 11 is 0. The van der Waals surface area contributed by atoms with Gasteiger partial charge in [0.25, 0.3) is 0 Å². The standard InChI is InChI=1S/C32H37FN2O3/c1-36-26-12-14-29(31(20-26)37-2)30-6-3-5-23-19-24(34)9-13-28(23)32(30)22-7-10-25(11-8-22)38-27-15-18-35(21-27)17-4-16-33/h7-14,19-20,27H,3-6,15-18,21,34H2,1-2H3. The fourth-order valence-corrected chi connectivity index (χ4v) is 5.73. The smallest absolute Gasteiger partial charge is 0.130 e. The van der Waals surface area contributed by atoms with Crippen LogP contribution in [0.5, 0.6) is 17.2 Å². The van der Waals surface area contributed by atoms with Crippen molar-refractivity contribution < 1.29 is 18.6 Å². The van der Waals surface area contributed by atoms with Crippen LogP contribution in [0.1, 0.15) is 47.9 Å². The molecule has 1 heterocycles. The number of alkyl halides is 1. The first-order valence-electron chi connectivity index (χ1n) is 13.5. The van der Waals surface area contributed by atoms with Crippen LogP contribution in [0.15, 0.2) is 60.7 Å². The van der Waals surface area contributed by atoms with Crippen molar-refractivity contribution in [2.75, 3.05) is 46.3 Å². The van der Waals surface area contributed by atoms with Gasteiger partial charge >= 0.3 is 0 Å². The normalized spacial score (nSPS) is 17.7. The Morgan fingerprint density at radius 2 is 1.71 bits per heavy atom. The molecule has 0 spiro atoms. The van der Waals surface area contributed by atoms with Gasteiger partial charge in [-0.25, -0.2) is 0 Å². The molecule has 3 aromatic carbocycles. The number of hydrogen-bond acceptors (Lipinski definition) is 5. The van der Waals surface area contributed by atoms with Gasteiger partial charge in [-0.05, 0) is 96.3 Å². The van der Waals surface area contributed by atoms with E-state index in [0.29, 0.717) is 6.42 Å². The summed E-state index contributed by atoms with van der Waals surface area (Å²) < 4.78 is 30.1. The second-order valence-electron chi connectivity index (χ2n) is 10.1. The lowest BCUT2D eigenvalue weighted by Gasteiger charge is -2.20. The first-order valence-corrected chi connectivity index (χ1v) is 13.5. The number of fused-ring (bicyclic) bond motifs is 1. The van der Waals surface area contributed by atoms with Crippen LogP contribution in [0.4, 0.5) is 10.1 Å². The highest BCUT2D eigenvalue weighted by Gasteiger charge is 2.25. The third-order valence-corrected chi connectivity index (χ3v) is 7.59. The lowest BCUT2D eigenvalue weighted by Crippen LogP contribution is -2.26. The Labute approximate surface area is 225 Å². The van der Waals surface area contributed by atoms with E-state index >= 15 is 0 Å². The molecule has 0 aromatic heterocycles. The second kappa shape index (κ2) is 11.9. The molecule has 1 unspecified atom stereocenters. The van der Waals surface area contributed by atoms with Gasteiger partial charge in [-0.1, -0.05) is 18.2 Å². The van der Waals surface area contributed by atoms with Crippen LogP contribution < -0.4 is 19.9 Å². The number of rotatable bonds is 9. The van der Waals surface area contributed by atoms with Crippen LogP contribution in [0, 0.1) is 0 Å². The predicted molar refractivity (Wildman–Crippen MR) is 152 cm³/mol. The van der Waals surface area contributed by atoms with E-state index in [0.717, 1.165) is 79.4 Å². The predicted octanol–water partition coefficient (Wildman–Crippen LogP) is 6.39. The second-order valence-corrected chi connectivity index (χ2v) is 10.1. The first kappa shape index (κ1) is 26.1. The molecular weight excluding hydrogens is 479 g/mol. The fourth-order valence-electron chi connectivity index (χ4n) is 5.73. The van der Waals surface area contributed by atoms with Crippen molar-refractivity contribution >= 4 is 16.8 Å². The molecule has 5 nitrogen and oxygen atoms in total. The first-order chi connectivity index (χ1) is 18.6. The topological polar surface area (TPSA) is 57.0 Å². The number of likely N-dealkylation sites (tertiary alicyclic amines) is 1. The van der Waals surface area contributed by atoms with E-state index in [4.69, 9.17) is 19.9 Å². The number of nitrogens with two attached hydrogens (primary N) is 1. The summed E-state index contributed by atoms with van der Waals surface area (Å²) in [6, 6.07) is 20.7. The van der Waals surface area contributed by atoms with Gasteiger partial charge in [0.1, 0.15) is 23.4 Å². The largest absolute Gasteiger partial charge is 0.497 e. The number of nitrogen functional groups attached to an aromatic ring is 1. The Balaban J connectivity index is 1.51. The summed E-state index contributed by atoms with van der Waals surface area (Å²) in [6.45, 7) is 2.34. The number of halogens is 1. The minimum atomic E-state index is -0.264. The lowest BCUT2D eigenvalue weighted by molar-refractivity contribution is 0.198. The van der Waals surface area contributed by atoms with E-state index in [1.165, 1.54) is 22.3 Å². The Morgan fingerprint density at radius 1 is 0.921 bits per heavy atom. The van der Waals surface area contributed by atoms with Crippen LogP contribution in [0.2, 0.25) is 0 Å². The Hall–Kier alpha value is -3.51. The molecule has 5 rings (SSSR count). The number of nitrogens with zero attached hydrogens (tertiary/aromatic N) is 1. The monoisotopic (exact) mass is 516 g/mol. The number of benzene rings is 3. The van der Waals surface area contributed by atoms with Gasteiger partial charge in [0.15, 0.2) is 0 Å². The van der Waals surface area contributed by atoms with Crippen LogP contribution in [0.25, 0.3) is 11.1 Å². The van der Waals surface area contributed by atoms with Crippen molar-refractivity contribution in [2.45, 2.75) is 38.2 Å². The molecule has 1 aliphatic heterocycles. The Kier molecular flexibility index (Phi) is 8.18. The zero-order valence-corrected chi connectivity index (χ0v) is 22.3. The molecule has 1 atom stereocenters. The number of anilines is 1. The molecule has 0 radical (unpaired) electrons. The molecule has 2 aliphatic rings. The van der Waals surface area contributed by atoms with E-state index < -0.39 is 0 Å². The van der Waals surface area contributed by atoms with E-state index in [-0.39, 0.29) is 12.8 Å². The molecular formula is C32H37FN2O3. The third-order valence-electron chi connectivity index (χ3n) is 7.59. The maximum absolute atomic E-state index is 12.6. The minimum absolute atomic E-state index is 0.139. The van der Waals surface area contributed by atoms with Gasteiger partial charge in [-0.2, -0.15) is 0 Å². The van der Waals surface area contributed by atoms with Crippen molar-refractivity contribution in [2.24, 2.45) is 0 Å². The third kappa shape index (κ3) is 5.65. The molecule has 6 heteroatoms. The molecule has 2 N–H and O–H groups in total. The highest BCUT2D eigenvalue weighted by molar-refractivity contribution is 6.01. The Morgan fingerprint density at radius 3 is 2.47 bits per heavy atom. The molecule has 1 saturated heterocycles. The number of ether oxygens (including phenoxy) is 3. The summed E-state index contributed by atoms with van der Waals surface area (Å²) in [6.07, 6.45) is 4.60. The summed E-state index contributed by atoms with van der Waals surface area (Å²) in [5.74, 6) is 2.43. The number of allylic oxidation sites excluding steroid dienone is 1. The molecule has 0 saturated carbocycles. The SMILES string of the molecule is COc1ccc(C2=C(c3ccc(OC4CCN(CCCF)C4)cc3)c3ccc(N)cc3CCC2)c(OC)c1. The van der Waals surface area contributed by atoms with Crippen LogP contribution in [0.3, 0.4) is 0 Å². The van der Waals surface area contributed by atoms with E-state index in [2.05, 4.69) is 47.4 Å². The van der Waals surface area contributed by atoms with Gasteiger partial charge in [0.2, 0.25) is 0 Å². The van der Waals surface area contributed by atoms with Crippen molar-refractivity contribution in [1.82, 2.24) is 4.90 Å². The maximum Gasteiger partial charge on any atom is 0.130 e. The molecule has 38 heavy (non-hydrogen) atoms. The van der Waals surface area contributed by atoms with Crippen molar-refractivity contribution in [1.29, 1.82) is 0 Å².